The van der Waals surface area contributed by atoms with Crippen LogP contribution in [-0.2, 0) is 30.8 Å². The normalized spacial score (nSPS) is 16.2. The number of ether oxygens (including phenoxy) is 2. The van der Waals surface area contributed by atoms with Crippen molar-refractivity contribution in [3.8, 4) is 11.1 Å². The molecule has 1 aliphatic carbocycles. The molecule has 10 nitrogen and oxygen atoms in total. The first-order valence-electron chi connectivity index (χ1n) is 15.4. The van der Waals surface area contributed by atoms with Crippen LogP contribution in [0.1, 0.15) is 68.8 Å². The highest BCUT2D eigenvalue weighted by Gasteiger charge is 2.49. The van der Waals surface area contributed by atoms with Crippen molar-refractivity contribution in [3.05, 3.63) is 64.4 Å². The largest absolute Gasteiger partial charge is 0.382 e. The lowest BCUT2D eigenvalue weighted by Crippen LogP contribution is -2.40. The van der Waals surface area contributed by atoms with Gasteiger partial charge in [-0.25, -0.2) is 12.7 Å². The molecule has 1 spiro atoms. The number of halogens is 1. The van der Waals surface area contributed by atoms with Gasteiger partial charge in [-0.15, -0.1) is 0 Å². The quantitative estimate of drug-likeness (QED) is 0.141. The zero-order valence-corrected chi connectivity index (χ0v) is 27.9. The van der Waals surface area contributed by atoms with Gasteiger partial charge in [0.1, 0.15) is 23.9 Å². The van der Waals surface area contributed by atoms with E-state index >= 15 is 0 Å². The van der Waals surface area contributed by atoms with Gasteiger partial charge < -0.3 is 14.0 Å². The van der Waals surface area contributed by atoms with Crippen molar-refractivity contribution >= 4 is 39.2 Å². The van der Waals surface area contributed by atoms with Crippen LogP contribution in [0.2, 0.25) is 5.02 Å². The molecule has 0 N–H and O–H groups in total. The van der Waals surface area contributed by atoms with Gasteiger partial charge in [0, 0.05) is 29.7 Å². The monoisotopic (exact) mass is 656 g/mol. The van der Waals surface area contributed by atoms with Gasteiger partial charge in [-0.2, -0.15) is 0 Å². The van der Waals surface area contributed by atoms with Crippen LogP contribution in [0.3, 0.4) is 0 Å². The average Bonchev–Trinajstić information content (AvgIpc) is 3.71. The first-order valence-corrected chi connectivity index (χ1v) is 17.3. The minimum atomic E-state index is -4.17. The Hall–Kier alpha value is -3.25. The maximum Gasteiger partial charge on any atom is 0.268 e. The number of methoxy groups -OCH3 is 1. The van der Waals surface area contributed by atoms with Gasteiger partial charge in [-0.05, 0) is 56.4 Å². The highest BCUT2D eigenvalue weighted by molar-refractivity contribution is 7.93. The van der Waals surface area contributed by atoms with E-state index in [1.165, 1.54) is 0 Å². The summed E-state index contributed by atoms with van der Waals surface area (Å²) in [4.78, 5) is 20.5. The van der Waals surface area contributed by atoms with Crippen molar-refractivity contribution in [1.82, 2.24) is 10.1 Å². The summed E-state index contributed by atoms with van der Waals surface area (Å²) >= 11 is 6.86. The predicted molar refractivity (Wildman–Crippen MR) is 174 cm³/mol. The topological polar surface area (TPSA) is 115 Å². The van der Waals surface area contributed by atoms with Gasteiger partial charge in [-0.1, -0.05) is 73.3 Å². The maximum absolute atomic E-state index is 14.3. The molecule has 2 heterocycles. The molecule has 0 atom stereocenters. The summed E-state index contributed by atoms with van der Waals surface area (Å²) in [5.74, 6) is 1.57. The summed E-state index contributed by atoms with van der Waals surface area (Å²) in [7, 11) is -2.63. The number of amidine groups is 1. The van der Waals surface area contributed by atoms with E-state index in [1.54, 1.807) is 51.3 Å². The van der Waals surface area contributed by atoms with Crippen LogP contribution in [0.4, 0.5) is 5.82 Å². The molecule has 1 aliphatic heterocycles. The minimum absolute atomic E-state index is 0.0638. The number of nitrogens with zero attached hydrogens (tertiary/aromatic N) is 4. The number of hydrogen-bond donors (Lipinski definition) is 0. The summed E-state index contributed by atoms with van der Waals surface area (Å²) < 4.78 is 45.6. The second-order valence-corrected chi connectivity index (χ2v) is 13.9. The Labute approximate surface area is 270 Å². The highest BCUT2D eigenvalue weighted by atomic mass is 35.5. The van der Waals surface area contributed by atoms with Gasteiger partial charge in [-0.3, -0.25) is 14.7 Å². The highest BCUT2D eigenvalue weighted by Crippen LogP contribution is 2.41. The van der Waals surface area contributed by atoms with E-state index in [9.17, 15) is 13.2 Å². The molecule has 0 bridgehead atoms. The first-order chi connectivity index (χ1) is 21.6. The van der Waals surface area contributed by atoms with Crippen molar-refractivity contribution in [3.63, 3.8) is 0 Å². The van der Waals surface area contributed by atoms with E-state index in [2.05, 4.69) is 12.1 Å². The molecule has 1 fully saturated rings. The molecule has 0 saturated heterocycles. The van der Waals surface area contributed by atoms with Crippen LogP contribution >= 0.6 is 11.6 Å². The Kier molecular flexibility index (Phi) is 10.3. The third kappa shape index (κ3) is 6.67. The Morgan fingerprint density at radius 1 is 1.11 bits per heavy atom. The number of amides is 1. The molecule has 1 aromatic heterocycles. The third-order valence-electron chi connectivity index (χ3n) is 8.64. The molecule has 0 radical (unpaired) electrons. The van der Waals surface area contributed by atoms with Gasteiger partial charge >= 0.3 is 0 Å². The maximum atomic E-state index is 14.3. The number of anilines is 1. The van der Waals surface area contributed by atoms with Crippen molar-refractivity contribution in [2.75, 3.05) is 31.4 Å². The van der Waals surface area contributed by atoms with Crippen molar-refractivity contribution in [1.29, 1.82) is 0 Å². The molecule has 2 aliphatic rings. The van der Waals surface area contributed by atoms with Crippen molar-refractivity contribution in [2.45, 2.75) is 82.7 Å². The minimum Gasteiger partial charge on any atom is -0.382 e. The smallest absolute Gasteiger partial charge is 0.268 e. The van der Waals surface area contributed by atoms with Crippen LogP contribution in [0.5, 0.6) is 0 Å². The zero-order chi connectivity index (χ0) is 32.2. The van der Waals surface area contributed by atoms with E-state index < -0.39 is 15.6 Å². The lowest BCUT2D eigenvalue weighted by molar-refractivity contribution is -0.131. The zero-order valence-electron chi connectivity index (χ0n) is 26.3. The van der Waals surface area contributed by atoms with Crippen LogP contribution in [0, 0.1) is 13.8 Å². The van der Waals surface area contributed by atoms with Gasteiger partial charge in [0.15, 0.2) is 5.82 Å². The van der Waals surface area contributed by atoms with E-state index in [1.807, 2.05) is 17.0 Å². The lowest BCUT2D eigenvalue weighted by Gasteiger charge is -2.24. The number of unbranched alkanes of at least 4 members (excludes halogenated alkanes) is 1. The summed E-state index contributed by atoms with van der Waals surface area (Å²) in [6.07, 6.45) is 6.32. The van der Waals surface area contributed by atoms with E-state index in [0.29, 0.717) is 40.6 Å². The summed E-state index contributed by atoms with van der Waals surface area (Å²) in [5, 5.41) is 4.48. The van der Waals surface area contributed by atoms with E-state index in [4.69, 9.17) is 30.6 Å². The van der Waals surface area contributed by atoms with Crippen LogP contribution in [-0.4, -0.2) is 62.8 Å². The standard InChI is InChI=1S/C33H41ClN4O6S/c1-5-6-13-30-35-33(16-9-10-17-33)32(39)37(30)21-26-15-14-25(20-28(26)34)27-11-7-8-12-29(27)45(40,41)38(22-43-19-18-42-4)31-23(2)24(3)44-36-31/h7-8,11-12,14-15,20H,5-6,9-10,13,16-19,21-22H2,1-4H3. The number of carbonyl (C=O) groups is 1. The summed E-state index contributed by atoms with van der Waals surface area (Å²) in [6, 6.07) is 12.2. The molecule has 242 valence electrons. The molecule has 12 heteroatoms. The van der Waals surface area contributed by atoms with Crippen LogP contribution in [0.15, 0.2) is 56.9 Å². The van der Waals surface area contributed by atoms with E-state index in [-0.39, 0.29) is 30.0 Å². The number of rotatable bonds is 14. The Morgan fingerprint density at radius 3 is 2.53 bits per heavy atom. The SMILES string of the molecule is CCCCC1=NC2(CCCC2)C(=O)N1Cc1ccc(-c2ccccc2S(=O)(=O)N(COCCOC)c2noc(C)c2C)cc1Cl. The number of aryl methyl sites for hydroxylation is 1. The average molecular weight is 657 g/mol. The number of carbonyl (C=O) groups excluding carboxylic acids is 1. The second-order valence-electron chi connectivity index (χ2n) is 11.6. The van der Waals surface area contributed by atoms with Crippen molar-refractivity contribution in [2.24, 2.45) is 4.99 Å². The fourth-order valence-corrected chi connectivity index (χ4v) is 7.74. The molecule has 1 saturated carbocycles. The van der Waals surface area contributed by atoms with Crippen LogP contribution in [0.25, 0.3) is 11.1 Å². The van der Waals surface area contributed by atoms with Gasteiger partial charge in [0.25, 0.3) is 15.9 Å². The Morgan fingerprint density at radius 2 is 1.87 bits per heavy atom. The molecular weight excluding hydrogens is 616 g/mol. The van der Waals surface area contributed by atoms with Crippen LogP contribution < -0.4 is 4.31 Å². The molecular formula is C33H41ClN4O6S. The summed E-state index contributed by atoms with van der Waals surface area (Å²) in [5.41, 5.74) is 1.84. The number of hydrogen-bond acceptors (Lipinski definition) is 8. The van der Waals surface area contributed by atoms with E-state index in [0.717, 1.165) is 60.7 Å². The van der Waals surface area contributed by atoms with Gasteiger partial charge in [0.2, 0.25) is 0 Å². The van der Waals surface area contributed by atoms with Crippen molar-refractivity contribution < 1.29 is 27.2 Å². The first kappa shape index (κ1) is 33.1. The third-order valence-corrected chi connectivity index (χ3v) is 10.8. The fourth-order valence-electron chi connectivity index (χ4n) is 5.93. The molecule has 5 rings (SSSR count). The number of sulfonamides is 1. The molecule has 1 amide bonds. The Balaban J connectivity index is 1.45. The molecule has 2 aromatic carbocycles. The van der Waals surface area contributed by atoms with Gasteiger partial charge in [0.05, 0.1) is 24.7 Å². The number of benzene rings is 2. The lowest BCUT2D eigenvalue weighted by atomic mass is 9.98. The predicted octanol–water partition coefficient (Wildman–Crippen LogP) is 6.67. The summed E-state index contributed by atoms with van der Waals surface area (Å²) in [6.45, 7) is 6.15. The second kappa shape index (κ2) is 14.0. The Bertz CT molecular complexity index is 1660. The molecule has 0 unspecified atom stereocenters. The number of aliphatic imine (C=N–C) groups is 1. The fraction of sp³-hybridized carbons (Fsp3) is 0.485. The molecule has 45 heavy (non-hydrogen) atoms. The molecule has 3 aromatic rings. The number of aromatic nitrogens is 1.